The maximum absolute atomic E-state index is 3.96. The number of nitrogens with zero attached hydrogens (tertiary/aromatic N) is 2. The van der Waals surface area contributed by atoms with Gasteiger partial charge in [-0.1, -0.05) is 0 Å². The summed E-state index contributed by atoms with van der Waals surface area (Å²) < 4.78 is 0. The summed E-state index contributed by atoms with van der Waals surface area (Å²) in [5.74, 6) is 1.65. The molecule has 0 aliphatic carbocycles. The van der Waals surface area contributed by atoms with Gasteiger partial charge in [-0.25, -0.2) is 25.3 Å². The monoisotopic (exact) mass is 266 g/mol. The Balaban J connectivity index is -0.000000143. The maximum atomic E-state index is 3.96. The number of hydrogen-bond donors (Lipinski definition) is 2. The molecular weight excluding hydrogens is 247 g/mol. The Kier molecular flexibility index (Phi) is 23.5. The molecule has 0 saturated heterocycles. The van der Waals surface area contributed by atoms with E-state index in [-0.39, 0.29) is 16.5 Å². The van der Waals surface area contributed by atoms with Crippen LogP contribution >= 0.6 is 25.3 Å². The Morgan fingerprint density at radius 3 is 1.08 bits per heavy atom. The van der Waals surface area contributed by atoms with Gasteiger partial charge in [0.15, 0.2) is 0 Å². The summed E-state index contributed by atoms with van der Waals surface area (Å²) in [5, 5.41) is 0. The van der Waals surface area contributed by atoms with E-state index in [4.69, 9.17) is 0 Å². The van der Waals surface area contributed by atoms with Crippen molar-refractivity contribution < 1.29 is 16.5 Å². The van der Waals surface area contributed by atoms with Crippen LogP contribution in [0, 0.1) is 13.1 Å². The van der Waals surface area contributed by atoms with E-state index in [1.54, 1.807) is 0 Å². The molecule has 0 radical (unpaired) electrons. The Morgan fingerprint density at radius 1 is 0.846 bits per heavy atom. The summed E-state index contributed by atoms with van der Waals surface area (Å²) >= 11 is 7.93. The van der Waals surface area contributed by atoms with E-state index in [0.717, 1.165) is 11.5 Å². The van der Waals surface area contributed by atoms with Crippen molar-refractivity contribution in [1.82, 2.24) is 9.80 Å². The Hall–Kier alpha value is 1.11. The normalized spacial score (nSPS) is 9.23. The molecule has 0 aromatic rings. The molecule has 0 saturated carbocycles. The summed E-state index contributed by atoms with van der Waals surface area (Å²) in [6.07, 6.45) is 0. The Morgan fingerprint density at radius 2 is 1.08 bits per heavy atom. The van der Waals surface area contributed by atoms with Gasteiger partial charge in [-0.2, -0.15) is 0 Å². The van der Waals surface area contributed by atoms with Gasteiger partial charge in [0, 0.05) is 0 Å². The fourth-order valence-corrected chi connectivity index (χ4v) is 0.980. The van der Waals surface area contributed by atoms with E-state index in [1.165, 1.54) is 0 Å². The molecule has 0 fully saturated rings. The molecule has 0 rings (SSSR count). The third-order valence-corrected chi connectivity index (χ3v) is 1.22. The van der Waals surface area contributed by atoms with Gasteiger partial charge in [0.2, 0.25) is 0 Å². The molecule has 0 bridgehead atoms. The second-order valence-corrected chi connectivity index (χ2v) is 3.39. The first-order chi connectivity index (χ1) is 5.54. The van der Waals surface area contributed by atoms with Crippen LogP contribution in [0.4, 0.5) is 0 Å². The molecule has 0 aromatic heterocycles. The van der Waals surface area contributed by atoms with Gasteiger partial charge in [-0.3, -0.25) is 13.1 Å². The van der Waals surface area contributed by atoms with Crippen LogP contribution in [0.1, 0.15) is 0 Å². The van der Waals surface area contributed by atoms with Gasteiger partial charge in [0.05, 0.1) is 0 Å². The average Bonchev–Trinajstić information content (AvgIpc) is 1.87. The topological polar surface area (TPSA) is 6.48 Å². The van der Waals surface area contributed by atoms with E-state index < -0.39 is 0 Å². The van der Waals surface area contributed by atoms with Crippen LogP contribution in [0.2, 0.25) is 0 Å². The van der Waals surface area contributed by atoms with Gasteiger partial charge >= 0.3 is 16.5 Å². The molecule has 13 heavy (non-hydrogen) atoms. The standard InChI is InChI=1S/2C4H10NS.Ni/c2*1-5(2)3-4-6;/h2*3,6H,4H2,1-2H3;/q2*-1;+2. The largest absolute Gasteiger partial charge is 2.00 e. The first-order valence-corrected chi connectivity index (χ1v) is 5.02. The Bertz CT molecular complexity index is 72.5. The fraction of sp³-hybridized carbons (Fsp3) is 0.750. The Labute approximate surface area is 104 Å². The van der Waals surface area contributed by atoms with Crippen molar-refractivity contribution in [3.63, 3.8) is 0 Å². The van der Waals surface area contributed by atoms with Crippen molar-refractivity contribution in [3.8, 4) is 0 Å². The number of thiol groups is 2. The van der Waals surface area contributed by atoms with Crippen molar-refractivity contribution >= 4 is 25.3 Å². The van der Waals surface area contributed by atoms with Gasteiger partial charge in [-0.05, 0) is 28.2 Å². The second kappa shape index (κ2) is 15.6. The summed E-state index contributed by atoms with van der Waals surface area (Å²) in [6, 6.07) is 0. The minimum absolute atomic E-state index is 0. The summed E-state index contributed by atoms with van der Waals surface area (Å²) in [4.78, 5) is 3.96. The van der Waals surface area contributed by atoms with E-state index in [9.17, 15) is 0 Å². The molecule has 0 unspecified atom stereocenters. The van der Waals surface area contributed by atoms with Crippen molar-refractivity contribution in [1.29, 1.82) is 0 Å². The van der Waals surface area contributed by atoms with Gasteiger partial charge in [-0.15, -0.1) is 11.5 Å². The predicted octanol–water partition coefficient (Wildman–Crippen LogP) is 1.28. The van der Waals surface area contributed by atoms with E-state index >= 15 is 0 Å². The number of rotatable bonds is 4. The molecule has 0 N–H and O–H groups in total. The molecule has 2 nitrogen and oxygen atoms in total. The zero-order valence-electron chi connectivity index (χ0n) is 8.67. The van der Waals surface area contributed by atoms with Crippen molar-refractivity contribution in [3.05, 3.63) is 13.1 Å². The smallest absolute Gasteiger partial charge is 0.461 e. The van der Waals surface area contributed by atoms with E-state index in [1.807, 2.05) is 51.1 Å². The molecule has 5 heteroatoms. The third-order valence-electron chi connectivity index (χ3n) is 0.894. The summed E-state index contributed by atoms with van der Waals surface area (Å²) in [7, 11) is 7.93. The fourth-order valence-electron chi connectivity index (χ4n) is 0.327. The van der Waals surface area contributed by atoms with Crippen LogP contribution in [-0.4, -0.2) is 49.5 Å². The zero-order valence-corrected chi connectivity index (χ0v) is 11.5. The quantitative estimate of drug-likeness (QED) is 0.450. The van der Waals surface area contributed by atoms with E-state index in [0.29, 0.717) is 0 Å². The summed E-state index contributed by atoms with van der Waals surface area (Å²) in [5.41, 5.74) is 0. The molecule has 0 aliphatic rings. The molecule has 0 aliphatic heterocycles. The molecular formula is C8H20N2NiS2. The van der Waals surface area contributed by atoms with Crippen LogP contribution in [0.25, 0.3) is 0 Å². The minimum Gasteiger partial charge on any atom is -0.461 e. The molecule has 0 atom stereocenters. The summed E-state index contributed by atoms with van der Waals surface area (Å²) in [6.45, 7) is 3.98. The van der Waals surface area contributed by atoms with Crippen molar-refractivity contribution in [2.45, 2.75) is 0 Å². The first-order valence-electron chi connectivity index (χ1n) is 3.75. The van der Waals surface area contributed by atoms with Crippen LogP contribution in [0.5, 0.6) is 0 Å². The van der Waals surface area contributed by atoms with Crippen LogP contribution in [-0.2, 0) is 16.5 Å². The molecule has 0 heterocycles. The molecule has 0 aromatic carbocycles. The zero-order chi connectivity index (χ0) is 9.98. The van der Waals surface area contributed by atoms with Gasteiger partial charge < -0.3 is 9.80 Å². The second-order valence-electron chi connectivity index (χ2n) is 2.66. The first kappa shape index (κ1) is 19.7. The van der Waals surface area contributed by atoms with Crippen molar-refractivity contribution in [2.75, 3.05) is 39.7 Å². The predicted molar refractivity (Wildman–Crippen MR) is 63.7 cm³/mol. The average molecular weight is 267 g/mol. The van der Waals surface area contributed by atoms with Crippen LogP contribution < -0.4 is 0 Å². The van der Waals surface area contributed by atoms with Crippen molar-refractivity contribution in [2.24, 2.45) is 0 Å². The minimum atomic E-state index is 0. The van der Waals surface area contributed by atoms with Crippen LogP contribution in [0.15, 0.2) is 0 Å². The van der Waals surface area contributed by atoms with E-state index in [2.05, 4.69) is 25.3 Å². The maximum Gasteiger partial charge on any atom is 2.00 e. The SMILES string of the molecule is CN(C)[CH-]CS.CN(C)[CH-]CS.[Ni+2]. The van der Waals surface area contributed by atoms with Gasteiger partial charge in [0.1, 0.15) is 0 Å². The molecule has 0 spiro atoms. The number of hydrogen-bond acceptors (Lipinski definition) is 4. The molecule has 84 valence electrons. The van der Waals surface area contributed by atoms with Crippen LogP contribution in [0.3, 0.4) is 0 Å². The molecule has 0 amide bonds. The van der Waals surface area contributed by atoms with Gasteiger partial charge in [0.25, 0.3) is 0 Å². The third kappa shape index (κ3) is 32.0.